The molecule has 1 atom stereocenters. The van der Waals surface area contributed by atoms with Gasteiger partial charge in [0.15, 0.2) is 0 Å². The summed E-state index contributed by atoms with van der Waals surface area (Å²) < 4.78 is 32.0. The number of amides is 1. The van der Waals surface area contributed by atoms with E-state index in [9.17, 15) is 18.0 Å². The molecule has 0 unspecified atom stereocenters. The van der Waals surface area contributed by atoms with Crippen molar-refractivity contribution >= 4 is 33.2 Å². The van der Waals surface area contributed by atoms with Gasteiger partial charge in [0.25, 0.3) is 0 Å². The van der Waals surface area contributed by atoms with Crippen molar-refractivity contribution in [1.82, 2.24) is 9.62 Å². The van der Waals surface area contributed by atoms with Gasteiger partial charge in [-0.15, -0.1) is 11.3 Å². The molecule has 0 bridgehead atoms. The molecule has 1 aliphatic heterocycles. The summed E-state index contributed by atoms with van der Waals surface area (Å²) in [4.78, 5) is 25.2. The highest BCUT2D eigenvalue weighted by Crippen LogP contribution is 2.31. The quantitative estimate of drug-likeness (QED) is 0.789. The fourth-order valence-electron chi connectivity index (χ4n) is 2.58. The van der Waals surface area contributed by atoms with Crippen LogP contribution in [0, 0.1) is 0 Å². The zero-order valence-electron chi connectivity index (χ0n) is 11.9. The maximum atomic E-state index is 12.4. The third kappa shape index (κ3) is 2.88. The second kappa shape index (κ2) is 5.64. The Labute approximate surface area is 132 Å². The molecule has 2 fully saturated rings. The average Bonchev–Trinajstić information content (AvgIpc) is 3.05. The zero-order valence-corrected chi connectivity index (χ0v) is 13.6. The maximum Gasteiger partial charge on any atom is 0.349 e. The third-order valence-electron chi connectivity index (χ3n) is 3.76. The van der Waals surface area contributed by atoms with Gasteiger partial charge in [-0.1, -0.05) is 0 Å². The molecule has 1 amide bonds. The Morgan fingerprint density at radius 3 is 2.82 bits per heavy atom. The van der Waals surface area contributed by atoms with Gasteiger partial charge in [0, 0.05) is 25.0 Å². The maximum absolute atomic E-state index is 12.4. The minimum absolute atomic E-state index is 0.0197. The molecule has 2 aliphatic rings. The van der Waals surface area contributed by atoms with Gasteiger partial charge in [0.2, 0.25) is 15.9 Å². The minimum Gasteiger partial charge on any atom is -0.465 e. The Balaban J connectivity index is 1.76. The van der Waals surface area contributed by atoms with E-state index in [0.29, 0.717) is 6.54 Å². The number of hydrogen-bond acceptors (Lipinski definition) is 6. The van der Waals surface area contributed by atoms with E-state index >= 15 is 0 Å². The fraction of sp³-hybridized carbons (Fsp3) is 0.538. The molecule has 1 aromatic rings. The van der Waals surface area contributed by atoms with Gasteiger partial charge in [-0.25, -0.2) is 17.9 Å². The Morgan fingerprint density at radius 1 is 1.45 bits per heavy atom. The van der Waals surface area contributed by atoms with Crippen LogP contribution in [0.25, 0.3) is 0 Å². The summed E-state index contributed by atoms with van der Waals surface area (Å²) >= 11 is 1.01. The normalized spacial score (nSPS) is 22.1. The van der Waals surface area contributed by atoms with Crippen LogP contribution < -0.4 is 4.72 Å². The summed E-state index contributed by atoms with van der Waals surface area (Å²) in [6.45, 7) is 0.389. The van der Waals surface area contributed by atoms with Crippen LogP contribution in [0.2, 0.25) is 0 Å². The average molecular weight is 344 g/mol. The molecular weight excluding hydrogens is 328 g/mol. The van der Waals surface area contributed by atoms with Gasteiger partial charge in [0.1, 0.15) is 9.77 Å². The predicted octanol–water partition coefficient (Wildman–Crippen LogP) is 0.576. The van der Waals surface area contributed by atoms with Crippen molar-refractivity contribution in [2.75, 3.05) is 13.7 Å². The van der Waals surface area contributed by atoms with Crippen molar-refractivity contribution < 1.29 is 22.7 Å². The van der Waals surface area contributed by atoms with E-state index in [4.69, 9.17) is 0 Å². The highest BCUT2D eigenvalue weighted by molar-refractivity contribution is 7.89. The Bertz CT molecular complexity index is 708. The van der Waals surface area contributed by atoms with Crippen LogP contribution >= 0.6 is 11.3 Å². The van der Waals surface area contributed by atoms with Crippen LogP contribution in [0.5, 0.6) is 0 Å². The molecule has 9 heteroatoms. The van der Waals surface area contributed by atoms with Gasteiger partial charge in [-0.2, -0.15) is 0 Å². The molecule has 0 radical (unpaired) electrons. The lowest BCUT2D eigenvalue weighted by Gasteiger charge is -2.16. The number of nitrogens with one attached hydrogen (secondary N) is 1. The molecule has 120 valence electrons. The van der Waals surface area contributed by atoms with Crippen LogP contribution in [-0.2, 0) is 19.6 Å². The van der Waals surface area contributed by atoms with Crippen LogP contribution in [-0.4, -0.2) is 50.9 Å². The first-order valence-corrected chi connectivity index (χ1v) is 9.26. The number of rotatable bonds is 5. The largest absolute Gasteiger partial charge is 0.465 e. The standard InChI is InChI=1S/C13H16N2O5S2/c1-20-13(17)12-10(4-5-21-12)22(18,19)14-8-6-11(16)15(7-8)9-2-3-9/h4-5,8-9,14H,2-3,6-7H2,1H3/t8-/m1/s1. The molecule has 1 N–H and O–H groups in total. The number of hydrogen-bond donors (Lipinski definition) is 1. The lowest BCUT2D eigenvalue weighted by atomic mass is 10.3. The van der Waals surface area contributed by atoms with Gasteiger partial charge in [-0.3, -0.25) is 4.79 Å². The van der Waals surface area contributed by atoms with E-state index in [-0.39, 0.29) is 28.1 Å². The highest BCUT2D eigenvalue weighted by atomic mass is 32.2. The van der Waals surface area contributed by atoms with Gasteiger partial charge < -0.3 is 9.64 Å². The predicted molar refractivity (Wildman–Crippen MR) is 79.1 cm³/mol. The number of methoxy groups -OCH3 is 1. The minimum atomic E-state index is -3.86. The number of likely N-dealkylation sites (tertiary alicyclic amines) is 1. The lowest BCUT2D eigenvalue weighted by molar-refractivity contribution is -0.128. The Morgan fingerprint density at radius 2 is 2.18 bits per heavy atom. The first-order valence-electron chi connectivity index (χ1n) is 6.90. The molecule has 7 nitrogen and oxygen atoms in total. The van der Waals surface area contributed by atoms with Crippen molar-refractivity contribution in [2.24, 2.45) is 0 Å². The highest BCUT2D eigenvalue weighted by Gasteiger charge is 2.41. The second-order valence-electron chi connectivity index (χ2n) is 5.41. The summed E-state index contributed by atoms with van der Waals surface area (Å²) in [6, 6.07) is 1.19. The van der Waals surface area contributed by atoms with Gasteiger partial charge in [-0.05, 0) is 24.3 Å². The first kappa shape index (κ1) is 15.4. The Hall–Kier alpha value is -1.45. The summed E-state index contributed by atoms with van der Waals surface area (Å²) in [6.07, 6.45) is 2.14. The number of sulfonamides is 1. The fourth-order valence-corrected chi connectivity index (χ4v) is 5.15. The summed E-state index contributed by atoms with van der Waals surface area (Å²) in [7, 11) is -2.65. The van der Waals surface area contributed by atoms with Crippen molar-refractivity contribution in [3.8, 4) is 0 Å². The molecule has 1 saturated heterocycles. The number of esters is 1. The van der Waals surface area contributed by atoms with Crippen LogP contribution in [0.4, 0.5) is 0 Å². The van der Waals surface area contributed by atoms with Crippen LogP contribution in [0.3, 0.4) is 0 Å². The molecular formula is C13H16N2O5S2. The van der Waals surface area contributed by atoms with Crippen molar-refractivity contribution in [3.05, 3.63) is 16.3 Å². The number of carbonyl (C=O) groups excluding carboxylic acids is 2. The van der Waals surface area contributed by atoms with E-state index in [1.54, 1.807) is 4.90 Å². The topological polar surface area (TPSA) is 92.8 Å². The van der Waals surface area contributed by atoms with E-state index < -0.39 is 22.0 Å². The molecule has 3 rings (SSSR count). The van der Waals surface area contributed by atoms with Gasteiger partial charge in [0.05, 0.1) is 7.11 Å². The monoisotopic (exact) mass is 344 g/mol. The van der Waals surface area contributed by atoms with Gasteiger partial charge >= 0.3 is 5.97 Å². The van der Waals surface area contributed by atoms with E-state index in [2.05, 4.69) is 9.46 Å². The third-order valence-corrected chi connectivity index (χ3v) is 6.34. The second-order valence-corrected chi connectivity index (χ2v) is 8.00. The molecule has 22 heavy (non-hydrogen) atoms. The smallest absolute Gasteiger partial charge is 0.349 e. The lowest BCUT2D eigenvalue weighted by Crippen LogP contribution is -2.37. The number of thiophene rings is 1. The Kier molecular flexibility index (Phi) is 3.96. The van der Waals surface area contributed by atoms with Crippen LogP contribution in [0.15, 0.2) is 16.3 Å². The molecule has 1 saturated carbocycles. The summed E-state index contributed by atoms with van der Waals surface area (Å²) in [5, 5.41) is 1.52. The number of nitrogens with zero attached hydrogens (tertiary/aromatic N) is 1. The SMILES string of the molecule is COC(=O)c1sccc1S(=O)(=O)N[C@@H]1CC(=O)N(C2CC2)C1. The van der Waals surface area contributed by atoms with E-state index in [0.717, 1.165) is 24.2 Å². The summed E-state index contributed by atoms with van der Waals surface area (Å²) in [5.41, 5.74) is 0. The molecule has 1 aromatic heterocycles. The van der Waals surface area contributed by atoms with Crippen molar-refractivity contribution in [1.29, 1.82) is 0 Å². The molecule has 1 aliphatic carbocycles. The first-order chi connectivity index (χ1) is 10.4. The molecule has 0 aromatic carbocycles. The van der Waals surface area contributed by atoms with E-state index in [1.165, 1.54) is 18.6 Å². The zero-order chi connectivity index (χ0) is 15.9. The summed E-state index contributed by atoms with van der Waals surface area (Å²) in [5.74, 6) is -0.703. The van der Waals surface area contributed by atoms with E-state index in [1.807, 2.05) is 0 Å². The molecule has 0 spiro atoms. The van der Waals surface area contributed by atoms with Crippen LogP contribution in [0.1, 0.15) is 28.9 Å². The molecule has 2 heterocycles. The number of carbonyl (C=O) groups is 2. The van der Waals surface area contributed by atoms with Crippen molar-refractivity contribution in [3.63, 3.8) is 0 Å². The number of ether oxygens (including phenoxy) is 1. The van der Waals surface area contributed by atoms with Crippen molar-refractivity contribution in [2.45, 2.75) is 36.2 Å².